The van der Waals surface area contributed by atoms with Crippen LogP contribution in [0.4, 0.5) is 0 Å². The molecule has 19 rings (SSSR count). The standard InChI is InChI=1S/C46H28N4.C40H24N4/c1-3-12-29(13-4-1)40-28-41(30-14-5-2-6-15-30)50-46(49-40)36-26-25-35(33-17-7-8-18-34(33)36)45-38-24-23-31-21-22-32-16-11-27-47-44(32)42(31)43(38)37-19-9-10-20-39(37)48-45;1-2-9-29-28(8-1)30(35-13-5-12-34(43-35)25-20-23-41-24-21-25)18-19-31(29)40-33-17-16-26-14-15-27-7-6-22-42-39(27)37(26)38(33)32-10-3-4-11-36(32)44-40/h1-28H;1-24H. The number of benzene rings is 12. The number of hydrogen-bond acceptors (Lipinski definition) is 8. The van der Waals surface area contributed by atoms with Crippen molar-refractivity contribution in [1.29, 1.82) is 0 Å². The van der Waals surface area contributed by atoms with E-state index in [1.165, 1.54) is 21.5 Å². The Morgan fingerprint density at radius 3 is 1.16 bits per heavy atom. The van der Waals surface area contributed by atoms with Crippen LogP contribution in [-0.4, -0.2) is 39.9 Å². The number of aromatic nitrogens is 8. The summed E-state index contributed by atoms with van der Waals surface area (Å²) < 4.78 is 0. The molecule has 7 aromatic heterocycles. The average Bonchev–Trinajstić information content (AvgIpc) is 0.835. The molecule has 0 spiro atoms. The number of pyridine rings is 6. The quantitative estimate of drug-likeness (QED) is 0.145. The predicted molar refractivity (Wildman–Crippen MR) is 388 cm³/mol. The summed E-state index contributed by atoms with van der Waals surface area (Å²) in [6.07, 6.45) is 7.37. The van der Waals surface area contributed by atoms with Gasteiger partial charge in [0.25, 0.3) is 0 Å². The minimum Gasteiger partial charge on any atom is -0.265 e. The Morgan fingerprint density at radius 1 is 0.213 bits per heavy atom. The van der Waals surface area contributed by atoms with Gasteiger partial charge < -0.3 is 0 Å². The SMILES string of the molecule is c1cc(-c2ccncc2)nc(-c2ccc(-c3nc4ccccc4c4c3ccc3ccc5cccnc5c34)c3ccccc23)c1.c1ccc(-c2cc(-c3ccccc3)nc(-c3ccc(-c4nc5ccccc5c5c4ccc4ccc6cccnc6c45)c4ccccc34)n2)cc1. The van der Waals surface area contributed by atoms with Crippen molar-refractivity contribution in [2.45, 2.75) is 0 Å². The Hall–Kier alpha value is -12.8. The highest BCUT2D eigenvalue weighted by Gasteiger charge is 2.22. The first-order valence-corrected chi connectivity index (χ1v) is 31.5. The second kappa shape index (κ2) is 22.6. The van der Waals surface area contributed by atoms with Crippen LogP contribution in [-0.2, 0) is 0 Å². The molecule has 12 aromatic carbocycles. The maximum Gasteiger partial charge on any atom is 0.161 e. The molecule has 0 fully saturated rings. The number of para-hydroxylation sites is 2. The van der Waals surface area contributed by atoms with Gasteiger partial charge in [0.15, 0.2) is 5.82 Å². The van der Waals surface area contributed by atoms with Gasteiger partial charge in [-0.25, -0.2) is 24.9 Å². The van der Waals surface area contributed by atoms with Crippen LogP contribution in [0.1, 0.15) is 0 Å². The molecule has 94 heavy (non-hydrogen) atoms. The van der Waals surface area contributed by atoms with Gasteiger partial charge in [-0.2, -0.15) is 0 Å². The highest BCUT2D eigenvalue weighted by molar-refractivity contribution is 6.30. The van der Waals surface area contributed by atoms with E-state index >= 15 is 0 Å². The lowest BCUT2D eigenvalue weighted by Crippen LogP contribution is -1.97. The summed E-state index contributed by atoms with van der Waals surface area (Å²) in [6, 6.07) is 102. The molecule has 0 N–H and O–H groups in total. The van der Waals surface area contributed by atoms with Gasteiger partial charge in [0, 0.05) is 118 Å². The summed E-state index contributed by atoms with van der Waals surface area (Å²) in [4.78, 5) is 40.0. The van der Waals surface area contributed by atoms with Gasteiger partial charge >= 0.3 is 0 Å². The second-order valence-corrected chi connectivity index (χ2v) is 23.7. The van der Waals surface area contributed by atoms with Gasteiger partial charge in [-0.15, -0.1) is 0 Å². The third-order valence-corrected chi connectivity index (χ3v) is 18.3. The molecule has 0 atom stereocenters. The normalized spacial score (nSPS) is 11.6. The molecule has 0 aliphatic carbocycles. The number of fused-ring (bicyclic) bond motifs is 16. The van der Waals surface area contributed by atoms with Gasteiger partial charge in [-0.1, -0.05) is 231 Å². The van der Waals surface area contributed by atoms with Crippen molar-refractivity contribution in [3.05, 3.63) is 316 Å². The third-order valence-electron chi connectivity index (χ3n) is 18.3. The zero-order valence-electron chi connectivity index (χ0n) is 50.6. The summed E-state index contributed by atoms with van der Waals surface area (Å²) in [5.74, 6) is 0.688. The lowest BCUT2D eigenvalue weighted by molar-refractivity contribution is 1.19. The summed E-state index contributed by atoms with van der Waals surface area (Å²) >= 11 is 0. The number of hydrogen-bond donors (Lipinski definition) is 0. The monoisotopic (exact) mass is 1200 g/mol. The van der Waals surface area contributed by atoms with E-state index in [1.807, 2.05) is 79.1 Å². The van der Waals surface area contributed by atoms with E-state index in [0.29, 0.717) is 5.82 Å². The van der Waals surface area contributed by atoms with Crippen LogP contribution in [0.5, 0.6) is 0 Å². The first-order chi connectivity index (χ1) is 46.6. The van der Waals surface area contributed by atoms with E-state index in [-0.39, 0.29) is 0 Å². The molecular weight excluding hydrogens is 1150 g/mol. The minimum absolute atomic E-state index is 0.688. The van der Waals surface area contributed by atoms with E-state index in [1.54, 1.807) is 12.4 Å². The van der Waals surface area contributed by atoms with Crippen LogP contribution in [0.3, 0.4) is 0 Å². The molecule has 0 saturated carbocycles. The van der Waals surface area contributed by atoms with Crippen molar-refractivity contribution in [2.24, 2.45) is 0 Å². The number of nitrogens with zero attached hydrogens (tertiary/aromatic N) is 8. The van der Waals surface area contributed by atoms with E-state index in [4.69, 9.17) is 34.9 Å². The summed E-state index contributed by atoms with van der Waals surface area (Å²) in [7, 11) is 0. The highest BCUT2D eigenvalue weighted by atomic mass is 14.9. The molecule has 19 aromatic rings. The molecule has 8 nitrogen and oxygen atoms in total. The van der Waals surface area contributed by atoms with Crippen molar-refractivity contribution in [3.8, 4) is 78.9 Å². The van der Waals surface area contributed by atoms with Crippen LogP contribution in [0.15, 0.2) is 316 Å². The largest absolute Gasteiger partial charge is 0.265 e. The Kier molecular flexibility index (Phi) is 13.0. The zero-order chi connectivity index (χ0) is 62.1. The molecule has 436 valence electrons. The second-order valence-electron chi connectivity index (χ2n) is 23.7. The van der Waals surface area contributed by atoms with Gasteiger partial charge in [-0.3, -0.25) is 15.0 Å². The van der Waals surface area contributed by atoms with Gasteiger partial charge in [0.05, 0.1) is 56.2 Å². The molecule has 0 saturated heterocycles. The maximum absolute atomic E-state index is 5.37. The first-order valence-electron chi connectivity index (χ1n) is 31.5. The fourth-order valence-corrected chi connectivity index (χ4v) is 14.0. The summed E-state index contributed by atoms with van der Waals surface area (Å²) in [6.45, 7) is 0. The topological polar surface area (TPSA) is 103 Å². The van der Waals surface area contributed by atoms with Crippen molar-refractivity contribution in [3.63, 3.8) is 0 Å². The molecule has 0 bridgehead atoms. The van der Waals surface area contributed by atoms with Crippen LogP contribution < -0.4 is 0 Å². The van der Waals surface area contributed by atoms with Gasteiger partial charge in [0.1, 0.15) is 0 Å². The molecular formula is C86H52N8. The van der Waals surface area contributed by atoms with E-state index < -0.39 is 0 Å². The Morgan fingerprint density at radius 2 is 0.628 bits per heavy atom. The Labute approximate surface area is 539 Å². The fourth-order valence-electron chi connectivity index (χ4n) is 14.0. The summed E-state index contributed by atoms with van der Waals surface area (Å²) in [5, 5.41) is 18.2. The minimum atomic E-state index is 0.688. The van der Waals surface area contributed by atoms with Crippen molar-refractivity contribution >= 4 is 108 Å². The molecule has 7 heterocycles. The first kappa shape index (κ1) is 54.2. The van der Waals surface area contributed by atoms with Gasteiger partial charge in [-0.05, 0) is 93.0 Å². The van der Waals surface area contributed by atoms with E-state index in [9.17, 15) is 0 Å². The van der Waals surface area contributed by atoms with Crippen LogP contribution in [0, 0.1) is 0 Å². The van der Waals surface area contributed by atoms with Crippen LogP contribution in [0.2, 0.25) is 0 Å². The predicted octanol–water partition coefficient (Wildman–Crippen LogP) is 21.7. The smallest absolute Gasteiger partial charge is 0.161 e. The zero-order valence-corrected chi connectivity index (χ0v) is 50.6. The van der Waals surface area contributed by atoms with Crippen molar-refractivity contribution < 1.29 is 0 Å². The van der Waals surface area contributed by atoms with E-state index in [0.717, 1.165) is 160 Å². The lowest BCUT2D eigenvalue weighted by Gasteiger charge is -2.16. The third kappa shape index (κ3) is 9.22. The molecule has 0 aliphatic rings. The molecule has 0 amide bonds. The van der Waals surface area contributed by atoms with Crippen molar-refractivity contribution in [2.75, 3.05) is 0 Å². The maximum atomic E-state index is 5.37. The molecule has 8 heteroatoms. The molecule has 0 unspecified atom stereocenters. The fraction of sp³-hybridized carbons (Fsp3) is 0. The molecule has 0 radical (unpaired) electrons. The lowest BCUT2D eigenvalue weighted by atomic mass is 9.91. The van der Waals surface area contributed by atoms with Crippen molar-refractivity contribution in [1.82, 2.24) is 39.9 Å². The van der Waals surface area contributed by atoms with E-state index in [2.05, 4.69) is 229 Å². The Balaban J connectivity index is 0.000000139. The summed E-state index contributed by atoms with van der Waals surface area (Å²) in [5.41, 5.74) is 16.9. The number of rotatable bonds is 7. The van der Waals surface area contributed by atoms with Crippen LogP contribution in [0.25, 0.3) is 187 Å². The van der Waals surface area contributed by atoms with Crippen LogP contribution >= 0.6 is 0 Å². The average molecular weight is 1200 g/mol. The molecule has 0 aliphatic heterocycles. The highest BCUT2D eigenvalue weighted by Crippen LogP contribution is 2.45. The van der Waals surface area contributed by atoms with Gasteiger partial charge in [0.2, 0.25) is 0 Å². The Bertz CT molecular complexity index is 6180.